The summed E-state index contributed by atoms with van der Waals surface area (Å²) in [4.78, 5) is 16.6. The van der Waals surface area contributed by atoms with Crippen LogP contribution in [0.1, 0.15) is 32.3 Å². The van der Waals surface area contributed by atoms with E-state index in [0.29, 0.717) is 30.6 Å². The van der Waals surface area contributed by atoms with Crippen LogP contribution in [-0.4, -0.2) is 68.9 Å². The van der Waals surface area contributed by atoms with E-state index < -0.39 is 0 Å². The molecule has 0 N–H and O–H groups in total. The molecular formula is C20H32N2O4. The molecule has 1 aromatic carbocycles. The van der Waals surface area contributed by atoms with E-state index in [1.807, 2.05) is 23.1 Å². The number of hydrogen-bond acceptors (Lipinski definition) is 5. The summed E-state index contributed by atoms with van der Waals surface area (Å²) < 4.78 is 16.0. The van der Waals surface area contributed by atoms with Gasteiger partial charge in [0.1, 0.15) is 0 Å². The minimum atomic E-state index is -0.213. The molecular weight excluding hydrogens is 332 g/mol. The van der Waals surface area contributed by atoms with Crippen molar-refractivity contribution in [2.24, 2.45) is 0 Å². The Hall–Kier alpha value is -1.95. The van der Waals surface area contributed by atoms with Gasteiger partial charge in [0.2, 0.25) is 0 Å². The molecule has 0 aliphatic carbocycles. The SMILES string of the molecule is CCC(CC)N1CCN(C(=O)OCCc2ccc(OC)c(OC)c2)CC1. The van der Waals surface area contributed by atoms with Crippen LogP contribution in [0, 0.1) is 0 Å². The van der Waals surface area contributed by atoms with E-state index >= 15 is 0 Å². The molecule has 1 aliphatic heterocycles. The van der Waals surface area contributed by atoms with E-state index in [1.165, 1.54) is 0 Å². The van der Waals surface area contributed by atoms with Gasteiger partial charge in [0.05, 0.1) is 20.8 Å². The van der Waals surface area contributed by atoms with Gasteiger partial charge in [-0.3, -0.25) is 4.90 Å². The van der Waals surface area contributed by atoms with E-state index in [1.54, 1.807) is 14.2 Å². The van der Waals surface area contributed by atoms with E-state index in [2.05, 4.69) is 18.7 Å². The molecule has 26 heavy (non-hydrogen) atoms. The van der Waals surface area contributed by atoms with Crippen LogP contribution in [0.25, 0.3) is 0 Å². The predicted molar refractivity (Wildman–Crippen MR) is 102 cm³/mol. The highest BCUT2D eigenvalue weighted by molar-refractivity contribution is 5.67. The molecule has 0 radical (unpaired) electrons. The molecule has 1 fully saturated rings. The maximum absolute atomic E-state index is 12.3. The van der Waals surface area contributed by atoms with Crippen LogP contribution in [0.15, 0.2) is 18.2 Å². The van der Waals surface area contributed by atoms with Crippen LogP contribution in [0.4, 0.5) is 4.79 Å². The standard InChI is InChI=1S/C20H32N2O4/c1-5-17(6-2)21-10-12-22(13-11-21)20(23)26-14-9-16-7-8-18(24-3)19(15-16)25-4/h7-8,15,17H,5-6,9-14H2,1-4H3. The highest BCUT2D eigenvalue weighted by Gasteiger charge is 2.25. The first-order valence-electron chi connectivity index (χ1n) is 9.49. The second-order valence-corrected chi connectivity index (χ2v) is 6.55. The molecule has 146 valence electrons. The molecule has 1 heterocycles. The molecule has 0 unspecified atom stereocenters. The van der Waals surface area contributed by atoms with Gasteiger partial charge < -0.3 is 19.1 Å². The normalized spacial score (nSPS) is 15.2. The van der Waals surface area contributed by atoms with Gasteiger partial charge in [-0.1, -0.05) is 19.9 Å². The second kappa shape index (κ2) is 10.3. The van der Waals surface area contributed by atoms with E-state index in [-0.39, 0.29) is 6.09 Å². The van der Waals surface area contributed by atoms with Crippen molar-refractivity contribution < 1.29 is 19.0 Å². The van der Waals surface area contributed by atoms with Crippen molar-refractivity contribution in [3.05, 3.63) is 23.8 Å². The number of rotatable bonds is 8. The van der Waals surface area contributed by atoms with Crippen LogP contribution in [-0.2, 0) is 11.2 Å². The van der Waals surface area contributed by atoms with Gasteiger partial charge >= 0.3 is 6.09 Å². The summed E-state index contributed by atoms with van der Waals surface area (Å²) in [6.07, 6.45) is 2.76. The zero-order valence-electron chi connectivity index (χ0n) is 16.5. The van der Waals surface area contributed by atoms with Gasteiger partial charge in [-0.25, -0.2) is 4.79 Å². The smallest absolute Gasteiger partial charge is 0.409 e. The number of carbonyl (C=O) groups excluding carboxylic acids is 1. The molecule has 6 heteroatoms. The number of amides is 1. The van der Waals surface area contributed by atoms with E-state index in [9.17, 15) is 4.79 Å². The Kier molecular flexibility index (Phi) is 8.04. The molecule has 1 aromatic rings. The lowest BCUT2D eigenvalue weighted by molar-refractivity contribution is 0.0624. The molecule has 0 atom stereocenters. The highest BCUT2D eigenvalue weighted by atomic mass is 16.6. The summed E-state index contributed by atoms with van der Waals surface area (Å²) in [5, 5.41) is 0. The Balaban J connectivity index is 1.76. The van der Waals surface area contributed by atoms with Gasteiger partial charge in [-0.15, -0.1) is 0 Å². The molecule has 1 saturated heterocycles. The fourth-order valence-corrected chi connectivity index (χ4v) is 3.46. The van der Waals surface area contributed by atoms with Gasteiger partial charge in [0, 0.05) is 38.6 Å². The summed E-state index contributed by atoms with van der Waals surface area (Å²) in [6.45, 7) is 8.15. The summed E-state index contributed by atoms with van der Waals surface area (Å²) >= 11 is 0. The van der Waals surface area contributed by atoms with Gasteiger partial charge in [-0.2, -0.15) is 0 Å². The minimum absolute atomic E-state index is 0.213. The number of benzene rings is 1. The minimum Gasteiger partial charge on any atom is -0.493 e. The number of piperazine rings is 1. The Morgan fingerprint density at radius 3 is 2.27 bits per heavy atom. The Labute approximate surface area is 157 Å². The van der Waals surface area contributed by atoms with Gasteiger partial charge in [-0.05, 0) is 30.5 Å². The molecule has 6 nitrogen and oxygen atoms in total. The van der Waals surface area contributed by atoms with Crippen LogP contribution < -0.4 is 9.47 Å². The first-order chi connectivity index (χ1) is 12.6. The van der Waals surface area contributed by atoms with Crippen molar-refractivity contribution in [1.29, 1.82) is 0 Å². The fraction of sp³-hybridized carbons (Fsp3) is 0.650. The largest absolute Gasteiger partial charge is 0.493 e. The number of hydrogen-bond donors (Lipinski definition) is 0. The van der Waals surface area contributed by atoms with Crippen molar-refractivity contribution >= 4 is 6.09 Å². The number of nitrogens with zero attached hydrogens (tertiary/aromatic N) is 2. The topological polar surface area (TPSA) is 51.2 Å². The molecule has 1 amide bonds. The fourth-order valence-electron chi connectivity index (χ4n) is 3.46. The van der Waals surface area contributed by atoms with Crippen molar-refractivity contribution in [2.45, 2.75) is 39.2 Å². The Morgan fingerprint density at radius 2 is 1.69 bits per heavy atom. The lowest BCUT2D eigenvalue weighted by atomic mass is 10.1. The molecule has 1 aliphatic rings. The van der Waals surface area contributed by atoms with E-state index in [0.717, 1.165) is 44.6 Å². The third kappa shape index (κ3) is 5.27. The lowest BCUT2D eigenvalue weighted by Crippen LogP contribution is -2.51. The van der Waals surface area contributed by atoms with Gasteiger partial charge in [0.25, 0.3) is 0 Å². The summed E-state index contributed by atoms with van der Waals surface area (Å²) in [6, 6.07) is 6.37. The zero-order valence-corrected chi connectivity index (χ0v) is 16.5. The second-order valence-electron chi connectivity index (χ2n) is 6.55. The zero-order chi connectivity index (χ0) is 18.9. The average molecular weight is 364 g/mol. The van der Waals surface area contributed by atoms with Crippen molar-refractivity contribution in [3.63, 3.8) is 0 Å². The Bertz CT molecular complexity index is 567. The average Bonchev–Trinajstić information content (AvgIpc) is 2.69. The van der Waals surface area contributed by atoms with Crippen LogP contribution in [0.5, 0.6) is 11.5 Å². The first-order valence-corrected chi connectivity index (χ1v) is 9.49. The monoisotopic (exact) mass is 364 g/mol. The Morgan fingerprint density at radius 1 is 1.04 bits per heavy atom. The van der Waals surface area contributed by atoms with Gasteiger partial charge in [0.15, 0.2) is 11.5 Å². The lowest BCUT2D eigenvalue weighted by Gasteiger charge is -2.38. The number of carbonyl (C=O) groups is 1. The molecule has 0 spiro atoms. The summed E-state index contributed by atoms with van der Waals surface area (Å²) in [7, 11) is 3.23. The van der Waals surface area contributed by atoms with Crippen LogP contribution in [0.3, 0.4) is 0 Å². The van der Waals surface area contributed by atoms with Crippen molar-refractivity contribution in [2.75, 3.05) is 47.0 Å². The third-order valence-corrected chi connectivity index (χ3v) is 5.10. The van der Waals surface area contributed by atoms with Crippen molar-refractivity contribution in [1.82, 2.24) is 9.80 Å². The predicted octanol–water partition coefficient (Wildman–Crippen LogP) is 3.19. The molecule has 0 bridgehead atoms. The molecule has 0 saturated carbocycles. The van der Waals surface area contributed by atoms with Crippen LogP contribution >= 0.6 is 0 Å². The highest BCUT2D eigenvalue weighted by Crippen LogP contribution is 2.27. The first kappa shape index (κ1) is 20.4. The number of methoxy groups -OCH3 is 2. The maximum Gasteiger partial charge on any atom is 0.409 e. The molecule has 0 aromatic heterocycles. The molecule has 2 rings (SSSR count). The summed E-state index contributed by atoms with van der Waals surface area (Å²) in [5.41, 5.74) is 1.05. The van der Waals surface area contributed by atoms with Crippen molar-refractivity contribution in [3.8, 4) is 11.5 Å². The number of ether oxygens (including phenoxy) is 3. The maximum atomic E-state index is 12.3. The third-order valence-electron chi connectivity index (χ3n) is 5.10. The summed E-state index contributed by atoms with van der Waals surface area (Å²) in [5.74, 6) is 1.39. The quantitative estimate of drug-likeness (QED) is 0.709. The van der Waals surface area contributed by atoms with E-state index in [4.69, 9.17) is 14.2 Å². The van der Waals surface area contributed by atoms with Crippen LogP contribution in [0.2, 0.25) is 0 Å².